The van der Waals surface area contributed by atoms with E-state index >= 15 is 0 Å². The van der Waals surface area contributed by atoms with Crippen LogP contribution in [0.3, 0.4) is 0 Å². The van der Waals surface area contributed by atoms with Crippen molar-refractivity contribution in [3.05, 3.63) is 77.6 Å². The molecular formula is C19H13ClN2O2. The first kappa shape index (κ1) is 14.7. The lowest BCUT2D eigenvalue weighted by molar-refractivity contribution is 0.267. The zero-order valence-electron chi connectivity index (χ0n) is 12.6. The smallest absolute Gasteiger partial charge is 0.254 e. The Kier molecular flexibility index (Phi) is 3.89. The van der Waals surface area contributed by atoms with Crippen LogP contribution in [0.5, 0.6) is 5.75 Å². The standard InChI is InChI=1S/C19H13ClN2O2/c20-15-10-8-14(9-11-15)19-22-21-18(24-19)12-23-17-7-3-5-13-4-1-2-6-16(13)17/h1-11H,12H2. The molecule has 3 aromatic carbocycles. The third kappa shape index (κ3) is 2.96. The largest absolute Gasteiger partial charge is 0.483 e. The van der Waals surface area contributed by atoms with Gasteiger partial charge in [0.25, 0.3) is 5.89 Å². The third-order valence-electron chi connectivity index (χ3n) is 3.66. The van der Waals surface area contributed by atoms with Gasteiger partial charge in [-0.05, 0) is 35.7 Å². The van der Waals surface area contributed by atoms with Crippen molar-refractivity contribution in [3.8, 4) is 17.2 Å². The molecule has 0 N–H and O–H groups in total. The Balaban J connectivity index is 1.53. The van der Waals surface area contributed by atoms with Crippen LogP contribution in [-0.4, -0.2) is 10.2 Å². The van der Waals surface area contributed by atoms with E-state index in [2.05, 4.69) is 10.2 Å². The van der Waals surface area contributed by atoms with Gasteiger partial charge in [-0.3, -0.25) is 0 Å². The van der Waals surface area contributed by atoms with Crippen LogP contribution in [0.1, 0.15) is 5.89 Å². The van der Waals surface area contributed by atoms with Crippen molar-refractivity contribution in [3.63, 3.8) is 0 Å². The Morgan fingerprint density at radius 2 is 1.67 bits per heavy atom. The summed E-state index contributed by atoms with van der Waals surface area (Å²) in [5.74, 6) is 1.66. The molecular weight excluding hydrogens is 324 g/mol. The topological polar surface area (TPSA) is 48.2 Å². The lowest BCUT2D eigenvalue weighted by Crippen LogP contribution is -1.96. The number of ether oxygens (including phenoxy) is 1. The zero-order valence-corrected chi connectivity index (χ0v) is 13.4. The molecule has 0 aliphatic heterocycles. The number of hydrogen-bond donors (Lipinski definition) is 0. The molecule has 0 unspecified atom stereocenters. The molecule has 4 nitrogen and oxygen atoms in total. The summed E-state index contributed by atoms with van der Waals surface area (Å²) in [4.78, 5) is 0. The Hall–Kier alpha value is -2.85. The molecule has 24 heavy (non-hydrogen) atoms. The maximum absolute atomic E-state index is 5.88. The lowest BCUT2D eigenvalue weighted by atomic mass is 10.1. The van der Waals surface area contributed by atoms with Crippen molar-refractivity contribution >= 4 is 22.4 Å². The molecule has 5 heteroatoms. The van der Waals surface area contributed by atoms with Gasteiger partial charge in [0, 0.05) is 16.0 Å². The zero-order chi connectivity index (χ0) is 16.4. The fourth-order valence-electron chi connectivity index (χ4n) is 2.48. The van der Waals surface area contributed by atoms with Crippen LogP contribution < -0.4 is 4.74 Å². The average Bonchev–Trinajstić information content (AvgIpc) is 3.09. The lowest BCUT2D eigenvalue weighted by Gasteiger charge is -2.07. The molecule has 1 aromatic heterocycles. The number of benzene rings is 3. The highest BCUT2D eigenvalue weighted by Crippen LogP contribution is 2.26. The van der Waals surface area contributed by atoms with E-state index in [1.807, 2.05) is 54.6 Å². The first-order valence-electron chi connectivity index (χ1n) is 7.48. The Labute approximate surface area is 143 Å². The minimum atomic E-state index is 0.217. The van der Waals surface area contributed by atoms with Crippen LogP contribution in [0.25, 0.3) is 22.2 Å². The molecule has 0 saturated carbocycles. The molecule has 1 heterocycles. The molecule has 0 fully saturated rings. The summed E-state index contributed by atoms with van der Waals surface area (Å²) in [7, 11) is 0. The van der Waals surface area contributed by atoms with Gasteiger partial charge in [-0.25, -0.2) is 0 Å². The first-order valence-corrected chi connectivity index (χ1v) is 7.86. The van der Waals surface area contributed by atoms with Gasteiger partial charge in [0.05, 0.1) is 0 Å². The number of halogens is 1. The monoisotopic (exact) mass is 336 g/mol. The summed E-state index contributed by atoms with van der Waals surface area (Å²) in [5.41, 5.74) is 0.823. The van der Waals surface area contributed by atoms with Crippen LogP contribution in [0, 0.1) is 0 Å². The van der Waals surface area contributed by atoms with Crippen molar-refractivity contribution in [2.75, 3.05) is 0 Å². The minimum Gasteiger partial charge on any atom is -0.483 e. The second-order valence-electron chi connectivity index (χ2n) is 5.27. The van der Waals surface area contributed by atoms with E-state index in [4.69, 9.17) is 20.8 Å². The van der Waals surface area contributed by atoms with Crippen LogP contribution >= 0.6 is 11.6 Å². The van der Waals surface area contributed by atoms with Crippen molar-refractivity contribution in [2.45, 2.75) is 6.61 Å². The predicted octanol–water partition coefficient (Wildman–Crippen LogP) is 5.12. The Bertz CT molecular complexity index is 975. The molecule has 4 rings (SSSR count). The SMILES string of the molecule is Clc1ccc(-c2nnc(COc3cccc4ccccc34)o2)cc1. The summed E-state index contributed by atoms with van der Waals surface area (Å²) in [5, 5.41) is 10.9. The highest BCUT2D eigenvalue weighted by molar-refractivity contribution is 6.30. The number of fused-ring (bicyclic) bond motifs is 1. The molecule has 0 aliphatic rings. The Morgan fingerprint density at radius 3 is 2.54 bits per heavy atom. The van der Waals surface area contributed by atoms with Crippen LogP contribution in [0.15, 0.2) is 71.1 Å². The maximum atomic E-state index is 5.88. The second kappa shape index (κ2) is 6.34. The third-order valence-corrected chi connectivity index (χ3v) is 3.91. The van der Waals surface area contributed by atoms with E-state index in [0.29, 0.717) is 16.8 Å². The summed E-state index contributed by atoms with van der Waals surface area (Å²) < 4.78 is 11.5. The van der Waals surface area contributed by atoms with E-state index in [-0.39, 0.29) is 6.61 Å². The first-order chi connectivity index (χ1) is 11.8. The van der Waals surface area contributed by atoms with Crippen LogP contribution in [0.4, 0.5) is 0 Å². The van der Waals surface area contributed by atoms with Crippen LogP contribution in [0.2, 0.25) is 5.02 Å². The van der Waals surface area contributed by atoms with Gasteiger partial charge in [0.15, 0.2) is 6.61 Å². The van der Waals surface area contributed by atoms with Gasteiger partial charge in [0.2, 0.25) is 5.89 Å². The van der Waals surface area contributed by atoms with E-state index in [1.54, 1.807) is 12.1 Å². The van der Waals surface area contributed by atoms with Gasteiger partial charge in [0.1, 0.15) is 5.75 Å². The highest BCUT2D eigenvalue weighted by Gasteiger charge is 2.10. The Morgan fingerprint density at radius 1 is 0.875 bits per heavy atom. The second-order valence-corrected chi connectivity index (χ2v) is 5.71. The van der Waals surface area contributed by atoms with Crippen molar-refractivity contribution < 1.29 is 9.15 Å². The van der Waals surface area contributed by atoms with Gasteiger partial charge >= 0.3 is 0 Å². The molecule has 0 radical (unpaired) electrons. The maximum Gasteiger partial charge on any atom is 0.254 e. The summed E-state index contributed by atoms with van der Waals surface area (Å²) in [6.45, 7) is 0.217. The predicted molar refractivity (Wildman–Crippen MR) is 93.0 cm³/mol. The number of aromatic nitrogens is 2. The molecule has 0 bridgehead atoms. The fraction of sp³-hybridized carbons (Fsp3) is 0.0526. The van der Waals surface area contributed by atoms with E-state index in [9.17, 15) is 0 Å². The van der Waals surface area contributed by atoms with Crippen molar-refractivity contribution in [1.82, 2.24) is 10.2 Å². The number of rotatable bonds is 4. The van der Waals surface area contributed by atoms with E-state index < -0.39 is 0 Å². The molecule has 0 aliphatic carbocycles. The van der Waals surface area contributed by atoms with Gasteiger partial charge in [-0.15, -0.1) is 10.2 Å². The molecule has 118 valence electrons. The van der Waals surface area contributed by atoms with Crippen molar-refractivity contribution in [2.24, 2.45) is 0 Å². The van der Waals surface area contributed by atoms with Gasteiger partial charge < -0.3 is 9.15 Å². The van der Waals surface area contributed by atoms with Crippen LogP contribution in [-0.2, 0) is 6.61 Å². The molecule has 0 atom stereocenters. The minimum absolute atomic E-state index is 0.217. The fourth-order valence-corrected chi connectivity index (χ4v) is 2.61. The molecule has 0 amide bonds. The van der Waals surface area contributed by atoms with Gasteiger partial charge in [-0.2, -0.15) is 0 Å². The van der Waals surface area contributed by atoms with Gasteiger partial charge in [-0.1, -0.05) is 48.0 Å². The summed E-state index contributed by atoms with van der Waals surface area (Å²) in [6, 6.07) is 21.3. The molecule has 0 spiro atoms. The average molecular weight is 337 g/mol. The van der Waals surface area contributed by atoms with E-state index in [1.165, 1.54) is 0 Å². The quantitative estimate of drug-likeness (QED) is 0.519. The number of hydrogen-bond acceptors (Lipinski definition) is 4. The number of nitrogens with zero attached hydrogens (tertiary/aromatic N) is 2. The summed E-state index contributed by atoms with van der Waals surface area (Å²) >= 11 is 5.88. The molecule has 0 saturated heterocycles. The summed E-state index contributed by atoms with van der Waals surface area (Å²) in [6.07, 6.45) is 0. The van der Waals surface area contributed by atoms with Crippen molar-refractivity contribution in [1.29, 1.82) is 0 Å². The van der Waals surface area contributed by atoms with E-state index in [0.717, 1.165) is 22.1 Å². The molecule has 4 aromatic rings. The normalized spacial score (nSPS) is 10.9. The highest BCUT2D eigenvalue weighted by atomic mass is 35.5.